The van der Waals surface area contributed by atoms with Crippen molar-refractivity contribution < 1.29 is 27.8 Å². The number of hydrogen-bond acceptors (Lipinski definition) is 7. The summed E-state index contributed by atoms with van der Waals surface area (Å²) >= 11 is 0. The first kappa shape index (κ1) is 24.1. The molecule has 0 saturated carbocycles. The Hall–Kier alpha value is -4.28. The number of rotatable bonds is 1. The van der Waals surface area contributed by atoms with Crippen molar-refractivity contribution in [3.05, 3.63) is 65.1 Å². The van der Waals surface area contributed by atoms with Crippen LogP contribution in [0.5, 0.6) is 11.5 Å². The van der Waals surface area contributed by atoms with Crippen LogP contribution < -0.4 is 14.4 Å². The number of ether oxygens (including phenoxy) is 3. The van der Waals surface area contributed by atoms with Crippen LogP contribution >= 0.6 is 0 Å². The number of hydrogen-bond donors (Lipinski definition) is 0. The second kappa shape index (κ2) is 8.64. The lowest BCUT2D eigenvalue weighted by molar-refractivity contribution is 0.0574. The first-order valence-corrected chi connectivity index (χ1v) is 12.2. The summed E-state index contributed by atoms with van der Waals surface area (Å²) in [7, 11) is 0. The molecule has 5 heterocycles. The molecule has 1 atom stereocenters. The fourth-order valence-corrected chi connectivity index (χ4v) is 4.85. The molecule has 4 aromatic rings. The summed E-state index contributed by atoms with van der Waals surface area (Å²) in [6.45, 7) is 7.17. The zero-order valence-electron chi connectivity index (χ0n) is 21.3. The number of aryl methyl sites for hydroxylation is 1. The van der Waals surface area contributed by atoms with Crippen LogP contribution in [0.25, 0.3) is 16.9 Å². The monoisotopic (exact) mass is 521 g/mol. The van der Waals surface area contributed by atoms with Crippen LogP contribution in [-0.4, -0.2) is 44.5 Å². The molecular weight excluding hydrogens is 496 g/mol. The van der Waals surface area contributed by atoms with Gasteiger partial charge < -0.3 is 14.2 Å². The minimum Gasteiger partial charge on any atom is -0.493 e. The molecule has 0 unspecified atom stereocenters. The average molecular weight is 522 g/mol. The molecule has 0 N–H and O–H groups in total. The molecule has 2 aliphatic heterocycles. The second-order valence-electron chi connectivity index (χ2n) is 10.4. The van der Waals surface area contributed by atoms with Crippen LogP contribution in [0.2, 0.25) is 0 Å². The number of aromatic nitrogens is 4. The lowest BCUT2D eigenvalue weighted by atomic mass is 9.95. The van der Waals surface area contributed by atoms with Crippen molar-refractivity contribution in [2.75, 3.05) is 18.1 Å². The SMILES string of the molecule is Cc1nc(-c2cc3c(n4cnnc24)N(C(=O)OC(C)(C)C)Cc2c(F)ccc4c2[C@H](CO4)CO3)ccc1F. The highest BCUT2D eigenvalue weighted by Gasteiger charge is 2.37. The first-order chi connectivity index (χ1) is 18.1. The van der Waals surface area contributed by atoms with Crippen molar-refractivity contribution in [2.24, 2.45) is 0 Å². The highest BCUT2D eigenvalue weighted by atomic mass is 19.1. The van der Waals surface area contributed by atoms with Gasteiger partial charge in [0, 0.05) is 16.7 Å². The van der Waals surface area contributed by atoms with Crippen LogP contribution in [0.4, 0.5) is 19.4 Å². The van der Waals surface area contributed by atoms with Crippen LogP contribution in [0, 0.1) is 18.6 Å². The van der Waals surface area contributed by atoms with Gasteiger partial charge in [-0.05, 0) is 58.0 Å². The Labute approximate surface area is 217 Å². The van der Waals surface area contributed by atoms with Crippen LogP contribution in [0.15, 0.2) is 36.7 Å². The molecule has 196 valence electrons. The number of amides is 1. The van der Waals surface area contributed by atoms with Gasteiger partial charge >= 0.3 is 6.09 Å². The van der Waals surface area contributed by atoms with Gasteiger partial charge in [0.2, 0.25) is 0 Å². The largest absolute Gasteiger partial charge is 0.493 e. The van der Waals surface area contributed by atoms with E-state index in [1.807, 2.05) is 0 Å². The van der Waals surface area contributed by atoms with E-state index < -0.39 is 23.3 Å². The molecule has 0 saturated heterocycles. The van der Waals surface area contributed by atoms with Gasteiger partial charge in [0.1, 0.15) is 29.3 Å². The Morgan fingerprint density at radius 1 is 1.08 bits per heavy atom. The van der Waals surface area contributed by atoms with Gasteiger partial charge in [-0.1, -0.05) is 0 Å². The Morgan fingerprint density at radius 3 is 2.55 bits per heavy atom. The first-order valence-electron chi connectivity index (χ1n) is 12.2. The zero-order valence-corrected chi connectivity index (χ0v) is 21.3. The standard InChI is InChI=1S/C27H25F2N5O4/c1-14-18(28)5-7-20(31-14)16-9-22-25(34-13-30-32-24(16)34)33(26(35)38-27(2,3)4)10-17-19(29)6-8-21-23(17)15(11-36-21)12-37-22/h5-9,13,15H,10-12H2,1-4H3/t15-/m1/s1. The predicted molar refractivity (Wildman–Crippen MR) is 133 cm³/mol. The number of benzene rings is 1. The molecule has 1 aromatic carbocycles. The summed E-state index contributed by atoms with van der Waals surface area (Å²) in [5, 5.41) is 8.32. The van der Waals surface area contributed by atoms with E-state index in [-0.39, 0.29) is 30.6 Å². The summed E-state index contributed by atoms with van der Waals surface area (Å²) in [5.74, 6) is -0.0000460. The molecule has 0 bridgehead atoms. The topological polar surface area (TPSA) is 91.1 Å². The van der Waals surface area contributed by atoms with Gasteiger partial charge in [-0.2, -0.15) is 0 Å². The van der Waals surface area contributed by atoms with Gasteiger partial charge in [-0.25, -0.2) is 18.6 Å². The normalized spacial score (nSPS) is 16.6. The summed E-state index contributed by atoms with van der Waals surface area (Å²) < 4.78 is 48.8. The van der Waals surface area contributed by atoms with Crippen molar-refractivity contribution in [2.45, 2.75) is 45.8 Å². The third kappa shape index (κ3) is 3.98. The Bertz CT molecular complexity index is 1600. The van der Waals surface area contributed by atoms with Crippen LogP contribution in [-0.2, 0) is 11.3 Å². The molecule has 2 aliphatic rings. The maximum atomic E-state index is 15.3. The minimum absolute atomic E-state index is 0.138. The quantitative estimate of drug-likeness (QED) is 0.341. The molecular formula is C27H25F2N5O4. The lowest BCUT2D eigenvalue weighted by Gasteiger charge is -2.29. The molecule has 1 amide bonds. The van der Waals surface area contributed by atoms with E-state index in [9.17, 15) is 9.18 Å². The summed E-state index contributed by atoms with van der Waals surface area (Å²) in [5.41, 5.74) is 1.75. The van der Waals surface area contributed by atoms with Crippen LogP contribution in [0.3, 0.4) is 0 Å². The molecule has 0 aliphatic carbocycles. The van der Waals surface area contributed by atoms with Crippen molar-refractivity contribution in [3.63, 3.8) is 0 Å². The average Bonchev–Trinajstić information content (AvgIpc) is 3.50. The third-order valence-corrected chi connectivity index (χ3v) is 6.54. The lowest BCUT2D eigenvalue weighted by Crippen LogP contribution is -2.38. The molecule has 0 spiro atoms. The van der Waals surface area contributed by atoms with Gasteiger partial charge in [-0.15, -0.1) is 10.2 Å². The Balaban J connectivity index is 1.60. The zero-order chi connectivity index (χ0) is 26.8. The highest BCUT2D eigenvalue weighted by molar-refractivity contribution is 5.91. The van der Waals surface area contributed by atoms with Gasteiger partial charge in [0.05, 0.1) is 37.1 Å². The van der Waals surface area contributed by atoms with E-state index >= 15 is 4.39 Å². The number of fused-ring (bicyclic) bond motifs is 3. The predicted octanol–water partition coefficient (Wildman–Crippen LogP) is 5.19. The van der Waals surface area contributed by atoms with Crippen molar-refractivity contribution in [1.82, 2.24) is 19.6 Å². The maximum Gasteiger partial charge on any atom is 0.416 e. The van der Waals surface area contributed by atoms with E-state index in [1.54, 1.807) is 50.3 Å². The van der Waals surface area contributed by atoms with E-state index in [2.05, 4.69) is 15.2 Å². The summed E-state index contributed by atoms with van der Waals surface area (Å²) in [4.78, 5) is 19.4. The van der Waals surface area contributed by atoms with E-state index in [0.29, 0.717) is 46.1 Å². The fraction of sp³-hybridized carbons (Fsp3) is 0.333. The van der Waals surface area contributed by atoms with E-state index in [1.165, 1.54) is 23.4 Å². The van der Waals surface area contributed by atoms with Crippen molar-refractivity contribution in [3.8, 4) is 22.8 Å². The molecule has 38 heavy (non-hydrogen) atoms. The molecule has 11 heteroatoms. The molecule has 0 fully saturated rings. The molecule has 3 aromatic heterocycles. The Kier molecular flexibility index (Phi) is 5.48. The van der Waals surface area contributed by atoms with E-state index in [0.717, 1.165) is 0 Å². The van der Waals surface area contributed by atoms with Crippen LogP contribution in [0.1, 0.15) is 43.5 Å². The number of carbonyl (C=O) groups is 1. The fourth-order valence-electron chi connectivity index (χ4n) is 4.85. The number of carbonyl (C=O) groups excluding carboxylic acids is 1. The Morgan fingerprint density at radius 2 is 1.82 bits per heavy atom. The molecule has 9 nitrogen and oxygen atoms in total. The summed E-state index contributed by atoms with van der Waals surface area (Å²) in [6.07, 6.45) is 0.738. The highest BCUT2D eigenvalue weighted by Crippen LogP contribution is 2.44. The number of nitrogens with zero attached hydrogens (tertiary/aromatic N) is 5. The second-order valence-corrected chi connectivity index (χ2v) is 10.4. The smallest absolute Gasteiger partial charge is 0.416 e. The van der Waals surface area contributed by atoms with Gasteiger partial charge in [0.15, 0.2) is 17.2 Å². The van der Waals surface area contributed by atoms with Crippen molar-refractivity contribution in [1.29, 1.82) is 0 Å². The van der Waals surface area contributed by atoms with Crippen molar-refractivity contribution >= 4 is 17.6 Å². The number of pyridine rings is 2. The molecule has 6 rings (SSSR count). The number of halogens is 2. The maximum absolute atomic E-state index is 15.3. The molecule has 0 radical (unpaired) electrons. The van der Waals surface area contributed by atoms with E-state index in [4.69, 9.17) is 14.2 Å². The third-order valence-electron chi connectivity index (χ3n) is 6.54. The summed E-state index contributed by atoms with van der Waals surface area (Å²) in [6, 6.07) is 7.50. The van der Waals surface area contributed by atoms with Gasteiger partial charge in [-0.3, -0.25) is 9.30 Å². The number of anilines is 1. The minimum atomic E-state index is -0.818. The van der Waals surface area contributed by atoms with Gasteiger partial charge in [0.25, 0.3) is 0 Å².